The summed E-state index contributed by atoms with van der Waals surface area (Å²) in [6.45, 7) is 10.6. The van der Waals surface area contributed by atoms with Crippen LogP contribution in [0.15, 0.2) is 24.3 Å². The predicted octanol–water partition coefficient (Wildman–Crippen LogP) is 4.66. The maximum Gasteiger partial charge on any atom is 0.223 e. The molecule has 1 aromatic rings. The first kappa shape index (κ1) is 19.3. The molecule has 0 bridgehead atoms. The number of nitrogens with one attached hydrogen (secondary N) is 1. The van der Waals surface area contributed by atoms with Gasteiger partial charge in [0.25, 0.3) is 0 Å². The summed E-state index contributed by atoms with van der Waals surface area (Å²) in [7, 11) is 0. The summed E-state index contributed by atoms with van der Waals surface area (Å²) in [5.74, 6) is 0.865. The number of halogens is 1. The second-order valence-electron chi connectivity index (χ2n) is 7.33. The maximum atomic E-state index is 12.4. The molecular formula is C20H31ClN2O. The van der Waals surface area contributed by atoms with Crippen LogP contribution in [0.1, 0.15) is 58.6 Å². The van der Waals surface area contributed by atoms with E-state index in [1.165, 1.54) is 5.56 Å². The number of likely N-dealkylation sites (tertiary alicyclic amines) is 1. The van der Waals surface area contributed by atoms with E-state index >= 15 is 0 Å². The lowest BCUT2D eigenvalue weighted by molar-refractivity contribution is -0.127. The molecular weight excluding hydrogens is 320 g/mol. The van der Waals surface area contributed by atoms with Gasteiger partial charge >= 0.3 is 0 Å². The van der Waals surface area contributed by atoms with Crippen molar-refractivity contribution >= 4 is 17.5 Å². The summed E-state index contributed by atoms with van der Waals surface area (Å²) in [6, 6.07) is 8.84. The molecule has 3 nitrogen and oxygen atoms in total. The lowest BCUT2D eigenvalue weighted by Gasteiger charge is -2.37. The first-order valence-electron chi connectivity index (χ1n) is 9.22. The molecule has 1 amide bonds. The van der Waals surface area contributed by atoms with E-state index in [2.05, 4.69) is 50.0 Å². The Morgan fingerprint density at radius 2 is 1.79 bits per heavy atom. The fourth-order valence-corrected chi connectivity index (χ4v) is 3.50. The molecule has 1 heterocycles. The van der Waals surface area contributed by atoms with Crippen LogP contribution in [0.25, 0.3) is 0 Å². The fraction of sp³-hybridized carbons (Fsp3) is 0.650. The van der Waals surface area contributed by atoms with Crippen LogP contribution < -0.4 is 5.32 Å². The number of nitrogens with zero attached hydrogens (tertiary/aromatic N) is 1. The lowest BCUT2D eigenvalue weighted by atomic mass is 9.92. The van der Waals surface area contributed by atoms with Gasteiger partial charge in [0, 0.05) is 23.0 Å². The van der Waals surface area contributed by atoms with Crippen LogP contribution in [0.3, 0.4) is 0 Å². The van der Waals surface area contributed by atoms with Crippen LogP contribution in [0, 0.1) is 11.8 Å². The molecule has 0 saturated carbocycles. The molecule has 4 heteroatoms. The molecule has 0 aliphatic carbocycles. The first-order chi connectivity index (χ1) is 11.4. The standard InChI is InChI=1S/C20H31ClN2O/c1-5-19(16-6-8-18(21)9-7-16)23-12-10-17(11-13-23)20(24)22-15(4)14(2)3/h6-9,14-15,17,19H,5,10-13H2,1-4H3,(H,22,24). The molecule has 0 radical (unpaired) electrons. The van der Waals surface area contributed by atoms with E-state index in [0.717, 1.165) is 37.4 Å². The molecule has 24 heavy (non-hydrogen) atoms. The third kappa shape index (κ3) is 4.97. The van der Waals surface area contributed by atoms with Crippen LogP contribution in [0.5, 0.6) is 0 Å². The highest BCUT2D eigenvalue weighted by atomic mass is 35.5. The van der Waals surface area contributed by atoms with Gasteiger partial charge in [-0.05, 0) is 62.9 Å². The molecule has 2 unspecified atom stereocenters. The highest BCUT2D eigenvalue weighted by Crippen LogP contribution is 2.30. The van der Waals surface area contributed by atoms with Gasteiger partial charge in [-0.15, -0.1) is 0 Å². The smallest absolute Gasteiger partial charge is 0.223 e. The van der Waals surface area contributed by atoms with Crippen LogP contribution in [0.4, 0.5) is 0 Å². The second-order valence-corrected chi connectivity index (χ2v) is 7.76. The van der Waals surface area contributed by atoms with E-state index in [1.54, 1.807) is 0 Å². The van der Waals surface area contributed by atoms with Crippen LogP contribution >= 0.6 is 11.6 Å². The zero-order valence-electron chi connectivity index (χ0n) is 15.4. The minimum absolute atomic E-state index is 0.158. The summed E-state index contributed by atoms with van der Waals surface area (Å²) in [4.78, 5) is 14.9. The quantitative estimate of drug-likeness (QED) is 0.809. The topological polar surface area (TPSA) is 32.3 Å². The first-order valence-corrected chi connectivity index (χ1v) is 9.60. The lowest BCUT2D eigenvalue weighted by Crippen LogP contribution is -2.45. The van der Waals surface area contributed by atoms with Gasteiger partial charge in [0.05, 0.1) is 0 Å². The second kappa shape index (κ2) is 8.87. The van der Waals surface area contributed by atoms with Gasteiger partial charge in [-0.3, -0.25) is 9.69 Å². The number of rotatable bonds is 6. The molecule has 1 aliphatic heterocycles. The number of carbonyl (C=O) groups is 1. The normalized spacial score (nSPS) is 19.2. The zero-order valence-corrected chi connectivity index (χ0v) is 16.1. The van der Waals surface area contributed by atoms with Gasteiger partial charge in [0.15, 0.2) is 0 Å². The number of hydrogen-bond donors (Lipinski definition) is 1. The van der Waals surface area contributed by atoms with Gasteiger partial charge in [-0.1, -0.05) is 44.5 Å². The van der Waals surface area contributed by atoms with Crippen LogP contribution in [-0.2, 0) is 4.79 Å². The SMILES string of the molecule is CCC(c1ccc(Cl)cc1)N1CCC(C(=O)NC(C)C(C)C)CC1. The molecule has 1 fully saturated rings. The van der Waals surface area contributed by atoms with Crippen molar-refractivity contribution in [3.8, 4) is 0 Å². The largest absolute Gasteiger partial charge is 0.353 e. The van der Waals surface area contributed by atoms with Crippen molar-refractivity contribution in [1.82, 2.24) is 10.2 Å². The van der Waals surface area contributed by atoms with Crippen molar-refractivity contribution in [2.75, 3.05) is 13.1 Å². The predicted molar refractivity (Wildman–Crippen MR) is 101 cm³/mol. The van der Waals surface area contributed by atoms with Gasteiger partial charge in [-0.25, -0.2) is 0 Å². The summed E-state index contributed by atoms with van der Waals surface area (Å²) in [6.07, 6.45) is 2.96. The van der Waals surface area contributed by atoms with E-state index in [1.807, 2.05) is 12.1 Å². The van der Waals surface area contributed by atoms with Crippen molar-refractivity contribution in [3.63, 3.8) is 0 Å². The number of carbonyl (C=O) groups excluding carboxylic acids is 1. The van der Waals surface area contributed by atoms with Gasteiger partial charge in [0.2, 0.25) is 5.91 Å². The molecule has 0 aromatic heterocycles. The monoisotopic (exact) mass is 350 g/mol. The highest BCUT2D eigenvalue weighted by Gasteiger charge is 2.29. The Labute approximate surface area is 151 Å². The third-order valence-electron chi connectivity index (χ3n) is 5.35. The number of benzene rings is 1. The minimum atomic E-state index is 0.158. The van der Waals surface area contributed by atoms with Crippen LogP contribution in [0.2, 0.25) is 5.02 Å². The Morgan fingerprint density at radius 3 is 2.29 bits per heavy atom. The third-order valence-corrected chi connectivity index (χ3v) is 5.60. The van der Waals surface area contributed by atoms with Crippen molar-refractivity contribution in [3.05, 3.63) is 34.9 Å². The summed E-state index contributed by atoms with van der Waals surface area (Å²) in [5, 5.41) is 3.95. The van der Waals surface area contributed by atoms with Crippen LogP contribution in [-0.4, -0.2) is 29.9 Å². The maximum absolute atomic E-state index is 12.4. The molecule has 1 aliphatic rings. The number of hydrogen-bond acceptors (Lipinski definition) is 2. The summed E-state index contributed by atoms with van der Waals surface area (Å²) in [5.41, 5.74) is 1.32. The summed E-state index contributed by atoms with van der Waals surface area (Å²) >= 11 is 6.00. The minimum Gasteiger partial charge on any atom is -0.353 e. The molecule has 2 rings (SSSR count). The Bertz CT molecular complexity index is 521. The van der Waals surface area contributed by atoms with E-state index in [4.69, 9.17) is 11.6 Å². The summed E-state index contributed by atoms with van der Waals surface area (Å²) < 4.78 is 0. The molecule has 1 N–H and O–H groups in total. The average Bonchev–Trinajstić information content (AvgIpc) is 2.57. The van der Waals surface area contributed by atoms with E-state index in [9.17, 15) is 4.79 Å². The number of piperidine rings is 1. The average molecular weight is 351 g/mol. The van der Waals surface area contributed by atoms with Crippen molar-refractivity contribution < 1.29 is 4.79 Å². The Hall–Kier alpha value is -1.06. The molecule has 134 valence electrons. The van der Waals surface area contributed by atoms with E-state index < -0.39 is 0 Å². The molecule has 0 spiro atoms. The zero-order chi connectivity index (χ0) is 17.7. The molecule has 1 aromatic carbocycles. The van der Waals surface area contributed by atoms with Crippen molar-refractivity contribution in [2.24, 2.45) is 11.8 Å². The molecule has 1 saturated heterocycles. The Kier molecular flexibility index (Phi) is 7.12. The van der Waals surface area contributed by atoms with Gasteiger partial charge in [0.1, 0.15) is 0 Å². The highest BCUT2D eigenvalue weighted by molar-refractivity contribution is 6.30. The van der Waals surface area contributed by atoms with E-state index in [0.29, 0.717) is 12.0 Å². The van der Waals surface area contributed by atoms with Gasteiger partial charge < -0.3 is 5.32 Å². The Balaban J connectivity index is 1.91. The Morgan fingerprint density at radius 1 is 1.21 bits per heavy atom. The fourth-order valence-electron chi connectivity index (χ4n) is 3.37. The van der Waals surface area contributed by atoms with Gasteiger partial charge in [-0.2, -0.15) is 0 Å². The van der Waals surface area contributed by atoms with Crippen molar-refractivity contribution in [1.29, 1.82) is 0 Å². The van der Waals surface area contributed by atoms with Crippen molar-refractivity contribution in [2.45, 2.75) is 59.0 Å². The van der Waals surface area contributed by atoms with E-state index in [-0.39, 0.29) is 17.9 Å². The molecule has 2 atom stereocenters. The number of amides is 1.